The number of fused-ring (bicyclic) bond motifs is 6. The van der Waals surface area contributed by atoms with Gasteiger partial charge in [0, 0.05) is 42.8 Å². The second-order valence-electron chi connectivity index (χ2n) is 10.8. The van der Waals surface area contributed by atoms with Crippen LogP contribution in [0.3, 0.4) is 0 Å². The number of aromatic nitrogens is 1. The van der Waals surface area contributed by atoms with Crippen LogP contribution in [-0.4, -0.2) is 17.8 Å². The first-order valence-corrected chi connectivity index (χ1v) is 15.4. The summed E-state index contributed by atoms with van der Waals surface area (Å²) in [5.74, 6) is 0. The first-order valence-electron chi connectivity index (χ1n) is 14.6. The molecular weight excluding hydrogens is 543 g/mol. The lowest BCUT2D eigenvalue weighted by Gasteiger charge is -2.15. The van der Waals surface area contributed by atoms with E-state index in [0.717, 1.165) is 16.8 Å². The van der Waals surface area contributed by atoms with Gasteiger partial charge in [0.15, 0.2) is 0 Å². The molecule has 0 fully saturated rings. The third-order valence-corrected chi connectivity index (χ3v) is 9.50. The van der Waals surface area contributed by atoms with Crippen molar-refractivity contribution in [3.63, 3.8) is 0 Å². The molecule has 0 spiro atoms. The Morgan fingerprint density at radius 3 is 2.28 bits per heavy atom. The number of hydrogen-bond donors (Lipinski definition) is 1. The van der Waals surface area contributed by atoms with E-state index in [2.05, 4.69) is 131 Å². The van der Waals surface area contributed by atoms with Gasteiger partial charge < -0.3 is 4.57 Å². The fraction of sp³-hybridized carbons (Fsp3) is 0.0513. The van der Waals surface area contributed by atoms with E-state index >= 15 is 0 Å². The van der Waals surface area contributed by atoms with Gasteiger partial charge in [-0.25, -0.2) is 0 Å². The standard InChI is InChI=1S/C39H29N3S/c1-40-39(41-25-26-11-3-2-4-12-26)28-13-9-14-29(23-28)42-35-19-7-5-15-31(35)34-24-27(21-22-36(34)42)30-17-10-18-33-32-16-6-8-20-37(32)43-38(30)33/h2-25,39-40H,1H3/b41-25+. The largest absolute Gasteiger partial charge is 0.309 e. The van der Waals surface area contributed by atoms with Crippen LogP contribution in [0.2, 0.25) is 0 Å². The van der Waals surface area contributed by atoms with Crippen molar-refractivity contribution < 1.29 is 0 Å². The molecule has 0 aliphatic rings. The van der Waals surface area contributed by atoms with Crippen molar-refractivity contribution in [1.29, 1.82) is 0 Å². The lowest BCUT2D eigenvalue weighted by atomic mass is 10.0. The second kappa shape index (κ2) is 10.7. The van der Waals surface area contributed by atoms with Crippen LogP contribution in [0.4, 0.5) is 0 Å². The Balaban J connectivity index is 1.26. The molecule has 0 aliphatic heterocycles. The number of nitrogens with one attached hydrogen (secondary N) is 1. The molecule has 2 aromatic heterocycles. The minimum Gasteiger partial charge on any atom is -0.309 e. The van der Waals surface area contributed by atoms with Gasteiger partial charge in [0.1, 0.15) is 6.17 Å². The first kappa shape index (κ1) is 25.7. The quantitative estimate of drug-likeness (QED) is 0.198. The predicted molar refractivity (Wildman–Crippen MR) is 185 cm³/mol. The Morgan fingerprint density at radius 1 is 0.651 bits per heavy atom. The number of benzene rings is 6. The monoisotopic (exact) mass is 571 g/mol. The lowest BCUT2D eigenvalue weighted by Crippen LogP contribution is -2.14. The molecule has 1 N–H and O–H groups in total. The van der Waals surface area contributed by atoms with Crippen molar-refractivity contribution in [3.05, 3.63) is 151 Å². The maximum Gasteiger partial charge on any atom is 0.125 e. The van der Waals surface area contributed by atoms with Crippen molar-refractivity contribution in [2.24, 2.45) is 4.99 Å². The number of hydrogen-bond acceptors (Lipinski definition) is 3. The zero-order valence-electron chi connectivity index (χ0n) is 23.7. The van der Waals surface area contributed by atoms with E-state index in [1.54, 1.807) is 0 Å². The van der Waals surface area contributed by atoms with Crippen LogP contribution in [0, 0.1) is 0 Å². The van der Waals surface area contributed by atoms with Gasteiger partial charge in [-0.05, 0) is 65.7 Å². The van der Waals surface area contributed by atoms with Gasteiger partial charge in [-0.15, -0.1) is 11.3 Å². The summed E-state index contributed by atoms with van der Waals surface area (Å²) in [6.07, 6.45) is 1.79. The molecule has 0 saturated carbocycles. The predicted octanol–water partition coefficient (Wildman–Crippen LogP) is 10.2. The average molecular weight is 572 g/mol. The van der Waals surface area contributed by atoms with Crippen LogP contribution in [0.1, 0.15) is 17.3 Å². The summed E-state index contributed by atoms with van der Waals surface area (Å²) in [6.45, 7) is 0. The molecule has 2 heterocycles. The third-order valence-electron chi connectivity index (χ3n) is 8.28. The van der Waals surface area contributed by atoms with Crippen LogP contribution >= 0.6 is 11.3 Å². The van der Waals surface area contributed by atoms with Gasteiger partial charge in [-0.1, -0.05) is 103 Å². The van der Waals surface area contributed by atoms with Gasteiger partial charge in [0.2, 0.25) is 0 Å². The van der Waals surface area contributed by atoms with Gasteiger partial charge >= 0.3 is 0 Å². The number of nitrogens with zero attached hydrogens (tertiary/aromatic N) is 2. The normalized spacial score (nSPS) is 12.7. The molecule has 0 bridgehead atoms. The number of aliphatic imine (C=N–C) groups is 1. The molecule has 1 unspecified atom stereocenters. The molecule has 1 atom stereocenters. The molecule has 43 heavy (non-hydrogen) atoms. The maximum absolute atomic E-state index is 4.87. The van der Waals surface area contributed by atoms with Gasteiger partial charge in [-0.3, -0.25) is 10.3 Å². The Morgan fingerprint density at radius 2 is 1.40 bits per heavy atom. The molecular formula is C39H29N3S. The van der Waals surface area contributed by atoms with Crippen molar-refractivity contribution in [2.45, 2.75) is 6.17 Å². The fourth-order valence-corrected chi connectivity index (χ4v) is 7.49. The Hall–Kier alpha value is -5.03. The van der Waals surface area contributed by atoms with E-state index < -0.39 is 0 Å². The molecule has 8 rings (SSSR count). The third kappa shape index (κ3) is 4.43. The molecule has 0 amide bonds. The SMILES string of the molecule is CNC(/N=C/c1ccccc1)c1cccc(-n2c3ccccc3c3cc(-c4cccc5c4sc4ccccc45)ccc32)c1. The summed E-state index contributed by atoms with van der Waals surface area (Å²) in [5, 5.41) is 8.54. The highest BCUT2D eigenvalue weighted by atomic mass is 32.1. The molecule has 0 saturated heterocycles. The molecule has 0 radical (unpaired) electrons. The zero-order chi connectivity index (χ0) is 28.8. The van der Waals surface area contributed by atoms with E-state index in [0.29, 0.717) is 0 Å². The van der Waals surface area contributed by atoms with E-state index in [1.165, 1.54) is 53.1 Å². The highest BCUT2D eigenvalue weighted by molar-refractivity contribution is 7.26. The van der Waals surface area contributed by atoms with Crippen molar-refractivity contribution in [3.8, 4) is 16.8 Å². The molecule has 0 aliphatic carbocycles. The minimum absolute atomic E-state index is 0.151. The highest BCUT2D eigenvalue weighted by Crippen LogP contribution is 2.41. The van der Waals surface area contributed by atoms with E-state index in [4.69, 9.17) is 4.99 Å². The van der Waals surface area contributed by atoms with Crippen LogP contribution in [0.25, 0.3) is 58.8 Å². The summed E-state index contributed by atoms with van der Waals surface area (Å²) in [4.78, 5) is 4.87. The summed E-state index contributed by atoms with van der Waals surface area (Å²) >= 11 is 1.88. The molecule has 206 valence electrons. The summed E-state index contributed by atoms with van der Waals surface area (Å²) in [7, 11) is 1.96. The summed E-state index contributed by atoms with van der Waals surface area (Å²) in [5.41, 5.74) is 8.24. The lowest BCUT2D eigenvalue weighted by molar-refractivity contribution is 0.627. The Labute approximate surface area is 254 Å². The van der Waals surface area contributed by atoms with Crippen molar-refractivity contribution in [1.82, 2.24) is 9.88 Å². The van der Waals surface area contributed by atoms with Crippen LogP contribution < -0.4 is 5.32 Å². The van der Waals surface area contributed by atoms with Crippen molar-refractivity contribution >= 4 is 59.5 Å². The topological polar surface area (TPSA) is 29.3 Å². The second-order valence-corrected chi connectivity index (χ2v) is 11.9. The molecule has 6 aromatic carbocycles. The van der Waals surface area contributed by atoms with Gasteiger partial charge in [0.05, 0.1) is 11.0 Å². The van der Waals surface area contributed by atoms with Crippen LogP contribution in [0.5, 0.6) is 0 Å². The van der Waals surface area contributed by atoms with E-state index in [-0.39, 0.29) is 6.17 Å². The Kier molecular flexibility index (Phi) is 6.36. The van der Waals surface area contributed by atoms with Gasteiger partial charge in [0.25, 0.3) is 0 Å². The smallest absolute Gasteiger partial charge is 0.125 e. The van der Waals surface area contributed by atoms with Gasteiger partial charge in [-0.2, -0.15) is 0 Å². The Bertz CT molecular complexity index is 2290. The molecule has 4 heteroatoms. The van der Waals surface area contributed by atoms with Crippen LogP contribution in [0.15, 0.2) is 145 Å². The maximum atomic E-state index is 4.87. The molecule has 8 aromatic rings. The number of para-hydroxylation sites is 1. The molecule has 3 nitrogen and oxygen atoms in total. The highest BCUT2D eigenvalue weighted by Gasteiger charge is 2.16. The minimum atomic E-state index is -0.151. The van der Waals surface area contributed by atoms with Crippen LogP contribution in [-0.2, 0) is 0 Å². The summed E-state index contributed by atoms with van der Waals surface area (Å²) in [6, 6.07) is 50.0. The number of thiophene rings is 1. The van der Waals surface area contributed by atoms with Crippen molar-refractivity contribution in [2.75, 3.05) is 7.05 Å². The zero-order valence-corrected chi connectivity index (χ0v) is 24.6. The number of rotatable bonds is 6. The fourth-order valence-electron chi connectivity index (χ4n) is 6.25. The van der Waals surface area contributed by atoms with E-state index in [9.17, 15) is 0 Å². The average Bonchev–Trinajstić information content (AvgIpc) is 3.61. The van der Waals surface area contributed by atoms with E-state index in [1.807, 2.05) is 42.8 Å². The summed E-state index contributed by atoms with van der Waals surface area (Å²) < 4.78 is 5.05. The first-order chi connectivity index (χ1) is 21.3.